The van der Waals surface area contributed by atoms with Gasteiger partial charge in [-0.05, 0) is 49.7 Å². The zero-order chi connectivity index (χ0) is 13.8. The largest absolute Gasteiger partial charge is 0.491 e. The number of nitrogens with one attached hydrogen (secondary N) is 1. The molecule has 3 N–H and O–H groups in total. The highest BCUT2D eigenvalue weighted by atomic mass is 19.1. The first-order valence-electron chi connectivity index (χ1n) is 6.15. The summed E-state index contributed by atoms with van der Waals surface area (Å²) < 4.78 is 18.9. The van der Waals surface area contributed by atoms with E-state index in [-0.39, 0.29) is 11.6 Å². The molecule has 0 aromatic heterocycles. The van der Waals surface area contributed by atoms with E-state index in [9.17, 15) is 4.39 Å². The second-order valence-corrected chi connectivity index (χ2v) is 4.27. The standard InChI is InChI=1S/C15H17FN2O/c1-3-19-15-7-5-12(9-13(15)16)18-11-4-6-14(17)10(2)8-11/h4-9,18H,3,17H2,1-2H3. The highest BCUT2D eigenvalue weighted by Crippen LogP contribution is 2.25. The predicted octanol–water partition coefficient (Wildman–Crippen LogP) is 3.86. The van der Waals surface area contributed by atoms with Crippen molar-refractivity contribution in [1.29, 1.82) is 0 Å². The number of anilines is 3. The first-order chi connectivity index (χ1) is 9.10. The van der Waals surface area contributed by atoms with Gasteiger partial charge in [0.2, 0.25) is 0 Å². The maximum absolute atomic E-state index is 13.7. The van der Waals surface area contributed by atoms with Crippen molar-refractivity contribution in [2.75, 3.05) is 17.7 Å². The molecule has 4 heteroatoms. The fraction of sp³-hybridized carbons (Fsp3) is 0.200. The third kappa shape index (κ3) is 3.16. The second-order valence-electron chi connectivity index (χ2n) is 4.27. The van der Waals surface area contributed by atoms with Crippen LogP contribution in [0.5, 0.6) is 5.75 Å². The van der Waals surface area contributed by atoms with Crippen molar-refractivity contribution in [3.63, 3.8) is 0 Å². The Labute approximate surface area is 112 Å². The summed E-state index contributed by atoms with van der Waals surface area (Å²) >= 11 is 0. The van der Waals surface area contributed by atoms with E-state index in [0.717, 1.165) is 16.9 Å². The Bertz CT molecular complexity index is 584. The Morgan fingerprint density at radius 2 is 1.84 bits per heavy atom. The number of hydrogen-bond acceptors (Lipinski definition) is 3. The first kappa shape index (κ1) is 13.2. The maximum Gasteiger partial charge on any atom is 0.167 e. The lowest BCUT2D eigenvalue weighted by molar-refractivity contribution is 0.321. The fourth-order valence-electron chi connectivity index (χ4n) is 1.77. The van der Waals surface area contributed by atoms with E-state index in [2.05, 4.69) is 5.32 Å². The highest BCUT2D eigenvalue weighted by molar-refractivity contribution is 5.64. The average molecular weight is 260 g/mol. The van der Waals surface area contributed by atoms with E-state index < -0.39 is 0 Å². The molecule has 2 aromatic rings. The Hall–Kier alpha value is -2.23. The maximum atomic E-state index is 13.7. The van der Waals surface area contributed by atoms with Crippen molar-refractivity contribution in [3.8, 4) is 5.75 Å². The number of rotatable bonds is 4. The van der Waals surface area contributed by atoms with Crippen molar-refractivity contribution in [2.24, 2.45) is 0 Å². The van der Waals surface area contributed by atoms with Gasteiger partial charge in [0, 0.05) is 23.1 Å². The van der Waals surface area contributed by atoms with Gasteiger partial charge < -0.3 is 15.8 Å². The molecule has 19 heavy (non-hydrogen) atoms. The summed E-state index contributed by atoms with van der Waals surface area (Å²) in [5, 5.41) is 3.13. The molecule has 0 aliphatic rings. The SMILES string of the molecule is CCOc1ccc(Nc2ccc(N)c(C)c2)cc1F. The lowest BCUT2D eigenvalue weighted by Crippen LogP contribution is -1.97. The number of hydrogen-bond donors (Lipinski definition) is 2. The number of nitrogens with two attached hydrogens (primary N) is 1. The van der Waals surface area contributed by atoms with Crippen LogP contribution in [0.1, 0.15) is 12.5 Å². The van der Waals surface area contributed by atoms with Crippen LogP contribution < -0.4 is 15.8 Å². The first-order valence-corrected chi connectivity index (χ1v) is 6.15. The quantitative estimate of drug-likeness (QED) is 0.821. The van der Waals surface area contributed by atoms with Gasteiger partial charge in [-0.3, -0.25) is 0 Å². The molecule has 0 spiro atoms. The Balaban J connectivity index is 2.19. The van der Waals surface area contributed by atoms with Crippen molar-refractivity contribution in [2.45, 2.75) is 13.8 Å². The molecule has 0 saturated heterocycles. The minimum Gasteiger partial charge on any atom is -0.491 e. The molecule has 0 heterocycles. The van der Waals surface area contributed by atoms with E-state index in [1.54, 1.807) is 12.1 Å². The van der Waals surface area contributed by atoms with Gasteiger partial charge in [-0.25, -0.2) is 4.39 Å². The third-order valence-corrected chi connectivity index (χ3v) is 2.79. The minimum atomic E-state index is -0.376. The normalized spacial score (nSPS) is 10.3. The number of aryl methyl sites for hydroxylation is 1. The number of halogens is 1. The molecule has 0 aliphatic heterocycles. The van der Waals surface area contributed by atoms with Gasteiger partial charge in [0.15, 0.2) is 11.6 Å². The third-order valence-electron chi connectivity index (χ3n) is 2.79. The van der Waals surface area contributed by atoms with Crippen molar-refractivity contribution in [3.05, 3.63) is 47.8 Å². The van der Waals surface area contributed by atoms with Gasteiger partial charge in [0.25, 0.3) is 0 Å². The zero-order valence-electron chi connectivity index (χ0n) is 11.0. The molecule has 0 aliphatic carbocycles. The van der Waals surface area contributed by atoms with Gasteiger partial charge in [-0.1, -0.05) is 0 Å². The van der Waals surface area contributed by atoms with Gasteiger partial charge in [-0.2, -0.15) is 0 Å². The molecular weight excluding hydrogens is 243 g/mol. The van der Waals surface area contributed by atoms with Crippen LogP contribution in [0, 0.1) is 12.7 Å². The molecular formula is C15H17FN2O. The monoisotopic (exact) mass is 260 g/mol. The van der Waals surface area contributed by atoms with Crippen LogP contribution in [-0.2, 0) is 0 Å². The van der Waals surface area contributed by atoms with Crippen LogP contribution in [0.4, 0.5) is 21.5 Å². The van der Waals surface area contributed by atoms with Crippen LogP contribution in [0.2, 0.25) is 0 Å². The van der Waals surface area contributed by atoms with Gasteiger partial charge in [0.1, 0.15) is 0 Å². The van der Waals surface area contributed by atoms with E-state index in [1.165, 1.54) is 6.07 Å². The van der Waals surface area contributed by atoms with Crippen molar-refractivity contribution < 1.29 is 9.13 Å². The predicted molar refractivity (Wildman–Crippen MR) is 76.4 cm³/mol. The van der Waals surface area contributed by atoms with E-state index in [0.29, 0.717) is 12.3 Å². The van der Waals surface area contributed by atoms with Crippen molar-refractivity contribution >= 4 is 17.1 Å². The van der Waals surface area contributed by atoms with E-state index in [1.807, 2.05) is 32.0 Å². The fourth-order valence-corrected chi connectivity index (χ4v) is 1.77. The molecule has 2 aromatic carbocycles. The molecule has 0 bridgehead atoms. The van der Waals surface area contributed by atoms with Crippen LogP contribution in [0.25, 0.3) is 0 Å². The molecule has 0 saturated carbocycles. The van der Waals surface area contributed by atoms with Gasteiger partial charge in [0.05, 0.1) is 6.61 Å². The van der Waals surface area contributed by atoms with Crippen LogP contribution >= 0.6 is 0 Å². The molecule has 0 radical (unpaired) electrons. The summed E-state index contributed by atoms with van der Waals surface area (Å²) in [4.78, 5) is 0. The zero-order valence-corrected chi connectivity index (χ0v) is 11.0. The molecule has 0 atom stereocenters. The molecule has 3 nitrogen and oxygen atoms in total. The van der Waals surface area contributed by atoms with E-state index >= 15 is 0 Å². The Morgan fingerprint density at radius 1 is 1.16 bits per heavy atom. The minimum absolute atomic E-state index is 0.265. The summed E-state index contributed by atoms with van der Waals surface area (Å²) in [6, 6.07) is 10.4. The number of benzene rings is 2. The Kier molecular flexibility index (Phi) is 3.90. The molecule has 0 amide bonds. The lowest BCUT2D eigenvalue weighted by atomic mass is 10.2. The van der Waals surface area contributed by atoms with Gasteiger partial charge >= 0.3 is 0 Å². The average Bonchev–Trinajstić information content (AvgIpc) is 2.37. The van der Waals surface area contributed by atoms with Crippen molar-refractivity contribution in [1.82, 2.24) is 0 Å². The highest BCUT2D eigenvalue weighted by Gasteiger charge is 2.05. The van der Waals surface area contributed by atoms with Crippen LogP contribution in [0.15, 0.2) is 36.4 Å². The second kappa shape index (κ2) is 5.61. The summed E-state index contributed by atoms with van der Waals surface area (Å²) in [5.41, 5.74) is 9.02. The Morgan fingerprint density at radius 3 is 2.47 bits per heavy atom. The summed E-state index contributed by atoms with van der Waals surface area (Å²) in [5.74, 6) is -0.111. The van der Waals surface area contributed by atoms with Crippen LogP contribution in [-0.4, -0.2) is 6.61 Å². The summed E-state index contributed by atoms with van der Waals surface area (Å²) in [6.45, 7) is 4.20. The topological polar surface area (TPSA) is 47.3 Å². The summed E-state index contributed by atoms with van der Waals surface area (Å²) in [7, 11) is 0. The molecule has 0 fully saturated rings. The van der Waals surface area contributed by atoms with E-state index in [4.69, 9.17) is 10.5 Å². The molecule has 100 valence electrons. The number of nitrogen functional groups attached to an aromatic ring is 1. The smallest absolute Gasteiger partial charge is 0.167 e. The number of ether oxygens (including phenoxy) is 1. The van der Waals surface area contributed by atoms with Crippen LogP contribution in [0.3, 0.4) is 0 Å². The molecule has 2 rings (SSSR count). The summed E-state index contributed by atoms with van der Waals surface area (Å²) in [6.07, 6.45) is 0. The molecule has 0 unspecified atom stereocenters. The lowest BCUT2D eigenvalue weighted by Gasteiger charge is -2.10. The van der Waals surface area contributed by atoms with Gasteiger partial charge in [-0.15, -0.1) is 0 Å².